The predicted octanol–water partition coefficient (Wildman–Crippen LogP) is 5.70. The average molecular weight is 495 g/mol. The number of carbonyl (C=O) groups is 2. The molecule has 1 heterocycles. The Bertz CT molecular complexity index is 1380. The van der Waals surface area contributed by atoms with Crippen LogP contribution in [0.3, 0.4) is 0 Å². The lowest BCUT2D eigenvalue weighted by atomic mass is 9.82. The number of nitriles is 1. The molecule has 1 aliphatic heterocycles. The zero-order chi connectivity index (χ0) is 25.5. The van der Waals surface area contributed by atoms with Gasteiger partial charge in [-0.1, -0.05) is 78.5 Å². The number of thioether (sulfide) groups is 1. The molecule has 0 fully saturated rings. The number of nitrogens with one attached hydrogen (secondary N) is 3. The lowest BCUT2D eigenvalue weighted by Crippen LogP contribution is -2.31. The summed E-state index contributed by atoms with van der Waals surface area (Å²) in [6.45, 7) is 3.75. The van der Waals surface area contributed by atoms with Crippen LogP contribution in [0, 0.1) is 18.3 Å². The summed E-state index contributed by atoms with van der Waals surface area (Å²) in [5.41, 5.74) is 4.74. The molecular formula is C29H26N4O2S. The van der Waals surface area contributed by atoms with Gasteiger partial charge in [-0.25, -0.2) is 0 Å². The molecule has 3 aromatic carbocycles. The average Bonchev–Trinajstić information content (AvgIpc) is 2.89. The van der Waals surface area contributed by atoms with E-state index in [0.717, 1.165) is 16.8 Å². The lowest BCUT2D eigenvalue weighted by molar-refractivity contribution is -0.114. The molecule has 0 saturated carbocycles. The fraction of sp³-hybridized carbons (Fsp3) is 0.138. The van der Waals surface area contributed by atoms with Gasteiger partial charge < -0.3 is 16.0 Å². The number of aryl methyl sites for hydroxylation is 1. The molecule has 36 heavy (non-hydrogen) atoms. The van der Waals surface area contributed by atoms with Crippen LogP contribution in [0.4, 0.5) is 11.4 Å². The summed E-state index contributed by atoms with van der Waals surface area (Å²) in [5, 5.41) is 19.8. The summed E-state index contributed by atoms with van der Waals surface area (Å²) in [7, 11) is 0. The van der Waals surface area contributed by atoms with E-state index < -0.39 is 5.92 Å². The van der Waals surface area contributed by atoms with E-state index in [4.69, 9.17) is 0 Å². The summed E-state index contributed by atoms with van der Waals surface area (Å²) in [6.07, 6.45) is 0. The second kappa shape index (κ2) is 11.4. The van der Waals surface area contributed by atoms with E-state index in [-0.39, 0.29) is 17.6 Å². The van der Waals surface area contributed by atoms with Gasteiger partial charge in [-0.05, 0) is 43.2 Å². The first-order valence-corrected chi connectivity index (χ1v) is 12.5. The first-order chi connectivity index (χ1) is 17.5. The van der Waals surface area contributed by atoms with Crippen LogP contribution in [0.15, 0.2) is 107 Å². The summed E-state index contributed by atoms with van der Waals surface area (Å²) in [5.74, 6) is -0.911. The number of amides is 2. The Morgan fingerprint density at radius 2 is 1.56 bits per heavy atom. The van der Waals surface area contributed by atoms with Crippen molar-refractivity contribution in [3.8, 4) is 6.07 Å². The van der Waals surface area contributed by atoms with Crippen LogP contribution in [-0.2, 0) is 9.59 Å². The van der Waals surface area contributed by atoms with Crippen molar-refractivity contribution >= 4 is 35.0 Å². The fourth-order valence-corrected chi connectivity index (χ4v) is 4.96. The molecule has 3 N–H and O–H groups in total. The summed E-state index contributed by atoms with van der Waals surface area (Å²) in [6, 6.07) is 28.6. The molecule has 3 aromatic rings. The monoisotopic (exact) mass is 494 g/mol. The van der Waals surface area contributed by atoms with Crippen molar-refractivity contribution in [1.82, 2.24) is 5.32 Å². The van der Waals surface area contributed by atoms with Crippen LogP contribution in [0.25, 0.3) is 0 Å². The van der Waals surface area contributed by atoms with E-state index >= 15 is 0 Å². The van der Waals surface area contributed by atoms with Gasteiger partial charge in [0.05, 0.1) is 28.3 Å². The number of benzene rings is 3. The minimum Gasteiger partial charge on any atom is -0.353 e. The highest BCUT2D eigenvalue weighted by molar-refractivity contribution is 8.03. The molecule has 0 aromatic heterocycles. The third kappa shape index (κ3) is 5.68. The second-order valence-corrected chi connectivity index (χ2v) is 9.32. The predicted molar refractivity (Wildman–Crippen MR) is 145 cm³/mol. The van der Waals surface area contributed by atoms with Crippen molar-refractivity contribution in [2.75, 3.05) is 16.4 Å². The number of hydrogen-bond acceptors (Lipinski definition) is 5. The van der Waals surface area contributed by atoms with Crippen molar-refractivity contribution in [3.63, 3.8) is 0 Å². The number of allylic oxidation sites excluding steroid dienone is 2. The Labute approximate surface area is 215 Å². The van der Waals surface area contributed by atoms with E-state index in [2.05, 4.69) is 22.0 Å². The molecule has 6 nitrogen and oxygen atoms in total. The zero-order valence-corrected chi connectivity index (χ0v) is 20.9. The summed E-state index contributed by atoms with van der Waals surface area (Å²) in [4.78, 5) is 26.1. The third-order valence-corrected chi connectivity index (χ3v) is 6.84. The minimum atomic E-state index is -0.567. The number of hydrogen-bond donors (Lipinski definition) is 3. The molecule has 0 spiro atoms. The van der Waals surface area contributed by atoms with Gasteiger partial charge >= 0.3 is 0 Å². The topological polar surface area (TPSA) is 94.0 Å². The molecule has 180 valence electrons. The van der Waals surface area contributed by atoms with Crippen molar-refractivity contribution < 1.29 is 9.59 Å². The largest absolute Gasteiger partial charge is 0.353 e. The Morgan fingerprint density at radius 1 is 0.917 bits per heavy atom. The summed E-state index contributed by atoms with van der Waals surface area (Å²) >= 11 is 1.25. The van der Waals surface area contributed by atoms with Gasteiger partial charge in [-0.15, -0.1) is 0 Å². The highest BCUT2D eigenvalue weighted by Gasteiger charge is 2.34. The van der Waals surface area contributed by atoms with E-state index in [0.29, 0.717) is 27.6 Å². The quantitative estimate of drug-likeness (QED) is 0.392. The van der Waals surface area contributed by atoms with Crippen molar-refractivity contribution in [2.45, 2.75) is 19.8 Å². The van der Waals surface area contributed by atoms with Gasteiger partial charge in [0.2, 0.25) is 5.91 Å². The zero-order valence-electron chi connectivity index (χ0n) is 20.0. The van der Waals surface area contributed by atoms with Gasteiger partial charge in [-0.2, -0.15) is 5.26 Å². The SMILES string of the molecule is CC1=C(C(=O)Nc2ccccc2)[C@H](c2ccccc2)C(C#N)=C(SCC(=O)Nc2ccccc2C)N1. The van der Waals surface area contributed by atoms with Gasteiger partial charge in [-0.3, -0.25) is 9.59 Å². The lowest BCUT2D eigenvalue weighted by Gasteiger charge is -2.30. The molecular weight excluding hydrogens is 468 g/mol. The van der Waals surface area contributed by atoms with Crippen molar-refractivity contribution in [2.24, 2.45) is 0 Å². The van der Waals surface area contributed by atoms with Gasteiger partial charge in [0.15, 0.2) is 0 Å². The maximum absolute atomic E-state index is 13.4. The molecule has 1 aliphatic rings. The van der Waals surface area contributed by atoms with Crippen LogP contribution in [0.2, 0.25) is 0 Å². The number of nitrogens with zero attached hydrogens (tertiary/aromatic N) is 1. The van der Waals surface area contributed by atoms with E-state index in [1.165, 1.54) is 11.8 Å². The number of dihydropyridines is 1. The van der Waals surface area contributed by atoms with Crippen LogP contribution in [0.1, 0.15) is 24.0 Å². The van der Waals surface area contributed by atoms with Gasteiger partial charge in [0.1, 0.15) is 0 Å². The van der Waals surface area contributed by atoms with Crippen molar-refractivity contribution in [3.05, 3.63) is 118 Å². The normalized spacial score (nSPS) is 15.1. The van der Waals surface area contributed by atoms with E-state index in [9.17, 15) is 14.9 Å². The maximum atomic E-state index is 13.4. The molecule has 1 atom stereocenters. The molecule has 0 aliphatic carbocycles. The maximum Gasteiger partial charge on any atom is 0.254 e. The minimum absolute atomic E-state index is 0.113. The molecule has 0 unspecified atom stereocenters. The highest BCUT2D eigenvalue weighted by atomic mass is 32.2. The smallest absolute Gasteiger partial charge is 0.254 e. The Balaban J connectivity index is 1.61. The molecule has 4 rings (SSSR count). The first-order valence-electron chi connectivity index (χ1n) is 11.5. The van der Waals surface area contributed by atoms with Gasteiger partial charge in [0, 0.05) is 22.6 Å². The standard InChI is InChI=1S/C29H26N4O2S/c1-19-11-9-10-16-24(19)33-25(34)18-36-29-23(17-30)27(21-12-5-3-6-13-21)26(20(2)31-29)28(35)32-22-14-7-4-8-15-22/h3-16,27,31H,18H2,1-2H3,(H,32,35)(H,33,34)/t27-/m1/s1. The van der Waals surface area contributed by atoms with Crippen LogP contribution < -0.4 is 16.0 Å². The second-order valence-electron chi connectivity index (χ2n) is 8.33. The number of anilines is 2. The van der Waals surface area contributed by atoms with E-state index in [1.54, 1.807) is 0 Å². The molecule has 0 radical (unpaired) electrons. The van der Waals surface area contributed by atoms with Crippen LogP contribution in [-0.4, -0.2) is 17.6 Å². The molecule has 0 saturated heterocycles. The Morgan fingerprint density at radius 3 is 2.22 bits per heavy atom. The highest BCUT2D eigenvalue weighted by Crippen LogP contribution is 2.40. The van der Waals surface area contributed by atoms with Gasteiger partial charge in [0.25, 0.3) is 5.91 Å². The fourth-order valence-electron chi connectivity index (χ4n) is 4.06. The summed E-state index contributed by atoms with van der Waals surface area (Å²) < 4.78 is 0. The van der Waals surface area contributed by atoms with Crippen molar-refractivity contribution in [1.29, 1.82) is 5.26 Å². The molecule has 7 heteroatoms. The molecule has 2 amide bonds. The van der Waals surface area contributed by atoms with E-state index in [1.807, 2.05) is 98.8 Å². The number of para-hydroxylation sites is 2. The first kappa shape index (κ1) is 24.8. The Hall–Kier alpha value is -4.28. The Kier molecular flexibility index (Phi) is 7.89. The third-order valence-electron chi connectivity index (χ3n) is 5.82. The number of rotatable bonds is 7. The van der Waals surface area contributed by atoms with Crippen LogP contribution in [0.5, 0.6) is 0 Å². The van der Waals surface area contributed by atoms with Crippen LogP contribution >= 0.6 is 11.8 Å². The molecule has 0 bridgehead atoms. The number of carbonyl (C=O) groups excluding carboxylic acids is 2.